The highest BCUT2D eigenvalue weighted by Gasteiger charge is 2.19. The van der Waals surface area contributed by atoms with Crippen LogP contribution in [-0.4, -0.2) is 12.2 Å². The molecule has 1 aromatic carbocycles. The van der Waals surface area contributed by atoms with Gasteiger partial charge in [-0.1, -0.05) is 31.9 Å². The Morgan fingerprint density at radius 2 is 2.06 bits per heavy atom. The lowest BCUT2D eigenvalue weighted by molar-refractivity contribution is 0.218. The third-order valence-electron chi connectivity index (χ3n) is 2.38. The standard InChI is InChI=1S/C12H10Br2O2S/c1-16-10-4-5-17-12(10)11(15)8-6-7(13)2-3-9(8)14/h2-6,11,15H,1H3. The van der Waals surface area contributed by atoms with E-state index in [0.717, 1.165) is 25.1 Å². The zero-order chi connectivity index (χ0) is 12.4. The number of ether oxygens (including phenoxy) is 1. The number of rotatable bonds is 3. The molecule has 0 saturated heterocycles. The first-order valence-corrected chi connectivity index (χ1v) is 7.34. The largest absolute Gasteiger partial charge is 0.495 e. The van der Waals surface area contributed by atoms with Crippen molar-refractivity contribution in [3.05, 3.63) is 49.0 Å². The maximum Gasteiger partial charge on any atom is 0.135 e. The third-order valence-corrected chi connectivity index (χ3v) is 4.54. The second-order valence-corrected chi connectivity index (χ2v) is 6.14. The molecule has 2 nitrogen and oxygen atoms in total. The van der Waals surface area contributed by atoms with Crippen LogP contribution in [0.5, 0.6) is 5.75 Å². The molecule has 0 spiro atoms. The van der Waals surface area contributed by atoms with Gasteiger partial charge < -0.3 is 9.84 Å². The molecule has 5 heteroatoms. The van der Waals surface area contributed by atoms with E-state index in [-0.39, 0.29) is 0 Å². The molecule has 0 radical (unpaired) electrons. The number of methoxy groups -OCH3 is 1. The number of hydrogen-bond acceptors (Lipinski definition) is 3. The Balaban J connectivity index is 2.43. The fourth-order valence-corrected chi connectivity index (χ4v) is 3.25. The van der Waals surface area contributed by atoms with Crippen molar-refractivity contribution in [3.63, 3.8) is 0 Å². The molecule has 90 valence electrons. The molecule has 0 bridgehead atoms. The maximum absolute atomic E-state index is 10.4. The van der Waals surface area contributed by atoms with Crippen molar-refractivity contribution in [1.82, 2.24) is 0 Å². The van der Waals surface area contributed by atoms with Crippen LogP contribution in [0.4, 0.5) is 0 Å². The molecule has 2 rings (SSSR count). The normalized spacial score (nSPS) is 12.5. The van der Waals surface area contributed by atoms with Gasteiger partial charge in [0.25, 0.3) is 0 Å². The van der Waals surface area contributed by atoms with Crippen LogP contribution in [-0.2, 0) is 0 Å². The van der Waals surface area contributed by atoms with E-state index < -0.39 is 6.10 Å². The second-order valence-electron chi connectivity index (χ2n) is 3.42. The molecule has 1 aromatic heterocycles. The van der Waals surface area contributed by atoms with Gasteiger partial charge in [0, 0.05) is 14.5 Å². The molecule has 0 aliphatic carbocycles. The van der Waals surface area contributed by atoms with Crippen LogP contribution in [0, 0.1) is 0 Å². The smallest absolute Gasteiger partial charge is 0.135 e. The Labute approximate surface area is 121 Å². The lowest BCUT2D eigenvalue weighted by Crippen LogP contribution is -2.00. The van der Waals surface area contributed by atoms with Gasteiger partial charge in [-0.05, 0) is 29.6 Å². The van der Waals surface area contributed by atoms with Gasteiger partial charge in [-0.25, -0.2) is 0 Å². The van der Waals surface area contributed by atoms with E-state index in [1.54, 1.807) is 7.11 Å². The van der Waals surface area contributed by atoms with Crippen LogP contribution < -0.4 is 4.74 Å². The number of hydrogen-bond donors (Lipinski definition) is 1. The highest BCUT2D eigenvalue weighted by Crippen LogP contribution is 2.38. The van der Waals surface area contributed by atoms with Crippen LogP contribution in [0.15, 0.2) is 38.6 Å². The van der Waals surface area contributed by atoms with Gasteiger partial charge in [-0.2, -0.15) is 0 Å². The van der Waals surface area contributed by atoms with Crippen LogP contribution in [0.2, 0.25) is 0 Å². The van der Waals surface area contributed by atoms with E-state index in [1.165, 1.54) is 11.3 Å². The highest BCUT2D eigenvalue weighted by atomic mass is 79.9. The minimum Gasteiger partial charge on any atom is -0.495 e. The molecule has 0 amide bonds. The molecule has 0 aliphatic heterocycles. The van der Waals surface area contributed by atoms with E-state index >= 15 is 0 Å². The van der Waals surface area contributed by atoms with Crippen LogP contribution >= 0.6 is 43.2 Å². The van der Waals surface area contributed by atoms with Gasteiger partial charge in [-0.15, -0.1) is 11.3 Å². The van der Waals surface area contributed by atoms with Crippen molar-refractivity contribution >= 4 is 43.2 Å². The molecule has 1 heterocycles. The van der Waals surface area contributed by atoms with E-state index in [0.29, 0.717) is 0 Å². The van der Waals surface area contributed by atoms with Crippen molar-refractivity contribution in [1.29, 1.82) is 0 Å². The number of thiophene rings is 1. The average Bonchev–Trinajstić information content (AvgIpc) is 2.79. The first kappa shape index (κ1) is 13.1. The first-order chi connectivity index (χ1) is 8.13. The Morgan fingerprint density at radius 1 is 1.29 bits per heavy atom. The third kappa shape index (κ3) is 2.73. The van der Waals surface area contributed by atoms with Crippen LogP contribution in [0.3, 0.4) is 0 Å². The molecular weight excluding hydrogens is 368 g/mol. The monoisotopic (exact) mass is 376 g/mol. The summed E-state index contributed by atoms with van der Waals surface area (Å²) in [5.41, 5.74) is 0.820. The van der Waals surface area contributed by atoms with Crippen LogP contribution in [0.1, 0.15) is 16.5 Å². The predicted octanol–water partition coefficient (Wildman–Crippen LogP) is 4.36. The number of halogens is 2. The Bertz CT molecular complexity index is 525. The van der Waals surface area contributed by atoms with Crippen molar-refractivity contribution in [2.24, 2.45) is 0 Å². The fraction of sp³-hybridized carbons (Fsp3) is 0.167. The van der Waals surface area contributed by atoms with Crippen molar-refractivity contribution < 1.29 is 9.84 Å². The lowest BCUT2D eigenvalue weighted by Gasteiger charge is -2.13. The van der Waals surface area contributed by atoms with E-state index in [4.69, 9.17) is 4.74 Å². The van der Waals surface area contributed by atoms with Gasteiger partial charge >= 0.3 is 0 Å². The summed E-state index contributed by atoms with van der Waals surface area (Å²) >= 11 is 8.33. The van der Waals surface area contributed by atoms with Crippen molar-refractivity contribution in [3.8, 4) is 5.75 Å². The first-order valence-electron chi connectivity index (χ1n) is 4.88. The predicted molar refractivity (Wildman–Crippen MR) is 76.8 cm³/mol. The topological polar surface area (TPSA) is 29.5 Å². The summed E-state index contributed by atoms with van der Waals surface area (Å²) in [7, 11) is 1.61. The molecule has 17 heavy (non-hydrogen) atoms. The number of benzene rings is 1. The van der Waals surface area contributed by atoms with Gasteiger partial charge in [0.15, 0.2) is 0 Å². The average molecular weight is 378 g/mol. The molecule has 2 aromatic rings. The molecule has 1 unspecified atom stereocenters. The SMILES string of the molecule is COc1ccsc1C(O)c1cc(Br)ccc1Br. The van der Waals surface area contributed by atoms with E-state index in [9.17, 15) is 5.11 Å². The second kappa shape index (κ2) is 5.52. The lowest BCUT2D eigenvalue weighted by atomic mass is 10.1. The van der Waals surface area contributed by atoms with Crippen LogP contribution in [0.25, 0.3) is 0 Å². The van der Waals surface area contributed by atoms with Gasteiger partial charge in [-0.3, -0.25) is 0 Å². The Morgan fingerprint density at radius 3 is 2.76 bits per heavy atom. The Kier molecular flexibility index (Phi) is 4.25. The molecule has 0 fully saturated rings. The zero-order valence-electron chi connectivity index (χ0n) is 8.98. The van der Waals surface area contributed by atoms with E-state index in [1.807, 2.05) is 29.6 Å². The summed E-state index contributed by atoms with van der Waals surface area (Å²) in [4.78, 5) is 0.811. The van der Waals surface area contributed by atoms with E-state index in [2.05, 4.69) is 31.9 Å². The molecule has 1 atom stereocenters. The fourth-order valence-electron chi connectivity index (χ4n) is 1.54. The van der Waals surface area contributed by atoms with Gasteiger partial charge in [0.05, 0.1) is 12.0 Å². The van der Waals surface area contributed by atoms with Gasteiger partial charge in [0.1, 0.15) is 11.9 Å². The van der Waals surface area contributed by atoms with Crippen molar-refractivity contribution in [2.45, 2.75) is 6.10 Å². The summed E-state index contributed by atoms with van der Waals surface area (Å²) in [5, 5.41) is 12.3. The highest BCUT2D eigenvalue weighted by molar-refractivity contribution is 9.11. The summed E-state index contributed by atoms with van der Waals surface area (Å²) in [5.74, 6) is 0.717. The number of aliphatic hydroxyl groups is 1. The molecule has 0 saturated carbocycles. The maximum atomic E-state index is 10.4. The molecule has 0 aliphatic rings. The minimum absolute atomic E-state index is 0.683. The zero-order valence-corrected chi connectivity index (χ0v) is 13.0. The minimum atomic E-state index is -0.683. The quantitative estimate of drug-likeness (QED) is 0.860. The molecular formula is C12H10Br2O2S. The summed E-state index contributed by atoms with van der Waals surface area (Å²) in [6.07, 6.45) is -0.683. The Hall–Kier alpha value is -0.360. The number of aliphatic hydroxyl groups excluding tert-OH is 1. The summed E-state index contributed by atoms with van der Waals surface area (Å²) < 4.78 is 7.04. The summed E-state index contributed by atoms with van der Waals surface area (Å²) in [6, 6.07) is 7.58. The van der Waals surface area contributed by atoms with Crippen molar-refractivity contribution in [2.75, 3.05) is 7.11 Å². The summed E-state index contributed by atoms with van der Waals surface area (Å²) in [6.45, 7) is 0. The molecule has 1 N–H and O–H groups in total. The van der Waals surface area contributed by atoms with Gasteiger partial charge in [0.2, 0.25) is 0 Å².